The van der Waals surface area contributed by atoms with E-state index < -0.39 is 5.97 Å². The fourth-order valence-corrected chi connectivity index (χ4v) is 1.73. The molecule has 0 aliphatic carbocycles. The van der Waals surface area contributed by atoms with E-state index >= 15 is 0 Å². The number of hydrogen-bond acceptors (Lipinski definition) is 4. The second kappa shape index (κ2) is 4.09. The zero-order valence-corrected chi connectivity index (χ0v) is 8.95. The number of ether oxygens (including phenoxy) is 2. The number of aromatic hydroxyl groups is 1. The quantitative estimate of drug-likeness (QED) is 0.823. The number of aliphatic carboxylic acids is 1. The van der Waals surface area contributed by atoms with Crippen LogP contribution in [0.4, 0.5) is 0 Å². The van der Waals surface area contributed by atoms with Gasteiger partial charge in [0.2, 0.25) is 0 Å². The number of carbonyl (C=O) groups is 1. The summed E-state index contributed by atoms with van der Waals surface area (Å²) in [5, 5.41) is 18.2. The van der Waals surface area contributed by atoms with Crippen LogP contribution in [0.1, 0.15) is 5.56 Å². The molecule has 0 atom stereocenters. The molecule has 1 aliphatic rings. The van der Waals surface area contributed by atoms with Crippen LogP contribution in [0.3, 0.4) is 0 Å². The van der Waals surface area contributed by atoms with Crippen LogP contribution in [0.2, 0.25) is 5.02 Å². The van der Waals surface area contributed by atoms with Crippen molar-refractivity contribution in [2.24, 2.45) is 0 Å². The van der Waals surface area contributed by atoms with E-state index in [0.717, 1.165) is 0 Å². The maximum atomic E-state index is 10.7. The first-order valence-electron chi connectivity index (χ1n) is 4.61. The molecule has 1 aliphatic heterocycles. The molecule has 1 aromatic rings. The van der Waals surface area contributed by atoms with Crippen LogP contribution in [-0.2, 0) is 11.2 Å². The highest BCUT2D eigenvalue weighted by Gasteiger charge is 2.23. The first-order chi connectivity index (χ1) is 7.59. The molecular formula is C10H9ClO5. The standard InChI is InChI=1S/C10H9ClO5/c11-9-5(3-8(13)14)10-7(4-6(9)12)15-1-2-16-10/h4,12H,1-3H2,(H,13,14). The summed E-state index contributed by atoms with van der Waals surface area (Å²) >= 11 is 5.83. The highest BCUT2D eigenvalue weighted by Crippen LogP contribution is 2.43. The van der Waals surface area contributed by atoms with Gasteiger partial charge in [0.05, 0.1) is 11.4 Å². The summed E-state index contributed by atoms with van der Waals surface area (Å²) in [6.07, 6.45) is -0.321. The first-order valence-corrected chi connectivity index (χ1v) is 4.99. The molecule has 6 heteroatoms. The Kier molecular flexibility index (Phi) is 2.78. The Bertz CT molecular complexity index is 443. The van der Waals surface area contributed by atoms with E-state index in [4.69, 9.17) is 26.2 Å². The van der Waals surface area contributed by atoms with Crippen LogP contribution in [0.15, 0.2) is 6.07 Å². The molecule has 0 amide bonds. The van der Waals surface area contributed by atoms with Gasteiger partial charge in [-0.15, -0.1) is 0 Å². The van der Waals surface area contributed by atoms with E-state index in [9.17, 15) is 9.90 Å². The summed E-state index contributed by atoms with van der Waals surface area (Å²) in [5.41, 5.74) is 0.240. The monoisotopic (exact) mass is 244 g/mol. The minimum absolute atomic E-state index is 0.00773. The minimum Gasteiger partial charge on any atom is -0.506 e. The van der Waals surface area contributed by atoms with E-state index in [2.05, 4.69) is 0 Å². The Labute approximate surface area is 96.2 Å². The number of phenolic OH excluding ortho intramolecular Hbond substituents is 1. The Morgan fingerprint density at radius 3 is 2.81 bits per heavy atom. The van der Waals surface area contributed by atoms with Crippen molar-refractivity contribution >= 4 is 17.6 Å². The fraction of sp³-hybridized carbons (Fsp3) is 0.300. The van der Waals surface area contributed by atoms with Gasteiger partial charge in [0, 0.05) is 11.6 Å². The van der Waals surface area contributed by atoms with Gasteiger partial charge in [0.25, 0.3) is 0 Å². The Morgan fingerprint density at radius 2 is 2.12 bits per heavy atom. The van der Waals surface area contributed by atoms with Crippen molar-refractivity contribution in [2.75, 3.05) is 13.2 Å². The van der Waals surface area contributed by atoms with Gasteiger partial charge >= 0.3 is 5.97 Å². The minimum atomic E-state index is -1.05. The lowest BCUT2D eigenvalue weighted by Gasteiger charge is -2.21. The van der Waals surface area contributed by atoms with Crippen LogP contribution in [0.5, 0.6) is 17.2 Å². The number of rotatable bonds is 2. The Hall–Kier alpha value is -1.62. The molecule has 86 valence electrons. The van der Waals surface area contributed by atoms with Crippen LogP contribution < -0.4 is 9.47 Å². The number of halogens is 1. The van der Waals surface area contributed by atoms with Crippen molar-refractivity contribution in [1.29, 1.82) is 0 Å². The fourth-order valence-electron chi connectivity index (χ4n) is 1.53. The molecule has 16 heavy (non-hydrogen) atoms. The second-order valence-corrected chi connectivity index (χ2v) is 3.66. The van der Waals surface area contributed by atoms with Gasteiger partial charge in [0.15, 0.2) is 11.5 Å². The van der Waals surface area contributed by atoms with Gasteiger partial charge in [-0.1, -0.05) is 11.6 Å². The zero-order valence-electron chi connectivity index (χ0n) is 8.20. The third kappa shape index (κ3) is 1.86. The number of fused-ring (bicyclic) bond motifs is 1. The molecule has 0 saturated carbocycles. The van der Waals surface area contributed by atoms with Crippen molar-refractivity contribution in [2.45, 2.75) is 6.42 Å². The van der Waals surface area contributed by atoms with Crippen LogP contribution in [-0.4, -0.2) is 29.4 Å². The molecule has 1 heterocycles. The number of hydrogen-bond donors (Lipinski definition) is 2. The lowest BCUT2D eigenvalue weighted by atomic mass is 10.1. The number of phenols is 1. The van der Waals surface area contributed by atoms with Crippen LogP contribution >= 0.6 is 11.6 Å². The van der Waals surface area contributed by atoms with E-state index in [1.807, 2.05) is 0 Å². The summed E-state index contributed by atoms with van der Waals surface area (Å²) in [6, 6.07) is 1.32. The molecule has 0 aromatic heterocycles. The smallest absolute Gasteiger partial charge is 0.308 e. The van der Waals surface area contributed by atoms with Crippen LogP contribution in [0, 0.1) is 0 Å². The van der Waals surface area contributed by atoms with Gasteiger partial charge in [0.1, 0.15) is 19.0 Å². The SMILES string of the molecule is O=C(O)Cc1c(Cl)c(O)cc2c1OCCO2. The first kappa shape index (κ1) is 10.9. The average molecular weight is 245 g/mol. The molecule has 0 bridgehead atoms. The zero-order chi connectivity index (χ0) is 11.7. The van der Waals surface area contributed by atoms with Crippen LogP contribution in [0.25, 0.3) is 0 Å². The lowest BCUT2D eigenvalue weighted by molar-refractivity contribution is -0.136. The van der Waals surface area contributed by atoms with E-state index in [-0.39, 0.29) is 22.8 Å². The molecule has 2 rings (SSSR count). The van der Waals surface area contributed by atoms with Gasteiger partial charge < -0.3 is 19.7 Å². The molecule has 0 saturated heterocycles. The highest BCUT2D eigenvalue weighted by atomic mass is 35.5. The third-order valence-corrected chi connectivity index (χ3v) is 2.59. The summed E-state index contributed by atoms with van der Waals surface area (Å²) in [4.78, 5) is 10.7. The molecule has 2 N–H and O–H groups in total. The summed E-state index contributed by atoms with van der Waals surface area (Å²) < 4.78 is 10.6. The molecular weight excluding hydrogens is 236 g/mol. The molecule has 5 nitrogen and oxygen atoms in total. The highest BCUT2D eigenvalue weighted by molar-refractivity contribution is 6.33. The van der Waals surface area contributed by atoms with Crippen molar-refractivity contribution in [3.63, 3.8) is 0 Å². The number of carboxylic acids is 1. The number of benzene rings is 1. The average Bonchev–Trinajstić information content (AvgIpc) is 2.24. The maximum Gasteiger partial charge on any atom is 0.308 e. The summed E-state index contributed by atoms with van der Waals surface area (Å²) in [6.45, 7) is 0.696. The predicted molar refractivity (Wildman–Crippen MR) is 55.4 cm³/mol. The molecule has 0 fully saturated rings. The van der Waals surface area contributed by atoms with Crippen molar-refractivity contribution < 1.29 is 24.5 Å². The molecule has 0 radical (unpaired) electrons. The van der Waals surface area contributed by atoms with Gasteiger partial charge in [-0.3, -0.25) is 4.79 Å². The van der Waals surface area contributed by atoms with E-state index in [0.29, 0.717) is 24.7 Å². The van der Waals surface area contributed by atoms with Gasteiger partial charge in [-0.2, -0.15) is 0 Å². The normalized spacial score (nSPS) is 13.6. The largest absolute Gasteiger partial charge is 0.506 e. The van der Waals surface area contributed by atoms with Crippen molar-refractivity contribution in [1.82, 2.24) is 0 Å². The predicted octanol–water partition coefficient (Wildman–Crippen LogP) is 1.44. The summed E-state index contributed by atoms with van der Waals surface area (Å²) in [5.74, 6) is -0.633. The topological polar surface area (TPSA) is 76.0 Å². The Morgan fingerprint density at radius 1 is 1.44 bits per heavy atom. The maximum absolute atomic E-state index is 10.7. The summed E-state index contributed by atoms with van der Waals surface area (Å²) in [7, 11) is 0. The van der Waals surface area contributed by atoms with Crippen molar-refractivity contribution in [3.8, 4) is 17.2 Å². The van der Waals surface area contributed by atoms with E-state index in [1.165, 1.54) is 6.07 Å². The van der Waals surface area contributed by atoms with E-state index in [1.54, 1.807) is 0 Å². The molecule has 0 spiro atoms. The Balaban J connectivity index is 2.54. The lowest BCUT2D eigenvalue weighted by Crippen LogP contribution is -2.17. The molecule has 1 aromatic carbocycles. The van der Waals surface area contributed by atoms with Gasteiger partial charge in [-0.25, -0.2) is 0 Å². The number of carboxylic acid groups (broad SMARTS) is 1. The third-order valence-electron chi connectivity index (χ3n) is 2.17. The van der Waals surface area contributed by atoms with Gasteiger partial charge in [-0.05, 0) is 0 Å². The molecule has 0 unspecified atom stereocenters. The second-order valence-electron chi connectivity index (χ2n) is 3.28. The van der Waals surface area contributed by atoms with Crippen molar-refractivity contribution in [3.05, 3.63) is 16.7 Å².